The molecule has 1 aromatic carbocycles. The van der Waals surface area contributed by atoms with E-state index in [4.69, 9.17) is 11.2 Å². The number of H-pyrrole nitrogens is 1. The number of ether oxygens (including phenoxy) is 1. The summed E-state index contributed by atoms with van der Waals surface area (Å²) in [5.41, 5.74) is 3.38. The zero-order chi connectivity index (χ0) is 17.7. The van der Waals surface area contributed by atoms with Crippen LogP contribution in [0.25, 0.3) is 0 Å². The summed E-state index contributed by atoms with van der Waals surface area (Å²) in [6.45, 7) is 3.74. The quantitative estimate of drug-likeness (QED) is 0.655. The number of nitrogens with one attached hydrogen (secondary N) is 2. The van der Waals surface area contributed by atoms with Crippen molar-refractivity contribution < 1.29 is 14.3 Å². The van der Waals surface area contributed by atoms with Crippen LogP contribution in [0.5, 0.6) is 0 Å². The predicted octanol–water partition coefficient (Wildman–Crippen LogP) is 3.30. The molecule has 0 fully saturated rings. The Hall–Kier alpha value is -3.00. The topological polar surface area (TPSA) is 71.2 Å². The lowest BCUT2D eigenvalue weighted by Gasteiger charge is -2.07. The van der Waals surface area contributed by atoms with Crippen molar-refractivity contribution in [2.45, 2.75) is 26.7 Å². The number of hydrogen-bond acceptors (Lipinski definition) is 3. The van der Waals surface area contributed by atoms with Crippen molar-refractivity contribution in [3.8, 4) is 12.3 Å². The Morgan fingerprint density at radius 2 is 2.12 bits per heavy atom. The van der Waals surface area contributed by atoms with Crippen molar-refractivity contribution >= 4 is 17.6 Å². The summed E-state index contributed by atoms with van der Waals surface area (Å²) >= 11 is 0. The highest BCUT2D eigenvalue weighted by molar-refractivity contribution is 6.07. The van der Waals surface area contributed by atoms with Gasteiger partial charge in [-0.3, -0.25) is 4.79 Å². The Kier molecular flexibility index (Phi) is 5.43. The van der Waals surface area contributed by atoms with Gasteiger partial charge in [-0.2, -0.15) is 0 Å². The summed E-state index contributed by atoms with van der Waals surface area (Å²) in [6.07, 6.45) is 6.77. The molecular weight excluding hydrogens is 304 g/mol. The van der Waals surface area contributed by atoms with E-state index in [0.717, 1.165) is 6.42 Å². The van der Waals surface area contributed by atoms with Crippen LogP contribution in [-0.2, 0) is 11.2 Å². The standard InChI is InChI=1S/C19H20N2O3/c1-5-8-15-16(19(23)24-4)12(3)20-17(15)18(22)21-14-10-7-9-13(6-2)11-14/h2,7,9-11,20H,5,8H2,1,3-4H3,(H,21,22). The van der Waals surface area contributed by atoms with Gasteiger partial charge in [-0.25, -0.2) is 4.79 Å². The molecule has 2 rings (SSSR count). The maximum Gasteiger partial charge on any atom is 0.339 e. The molecule has 5 heteroatoms. The van der Waals surface area contributed by atoms with E-state index in [1.807, 2.05) is 6.92 Å². The number of rotatable bonds is 5. The highest BCUT2D eigenvalue weighted by atomic mass is 16.5. The van der Waals surface area contributed by atoms with Gasteiger partial charge in [-0.05, 0) is 37.1 Å². The van der Waals surface area contributed by atoms with Crippen molar-refractivity contribution in [1.29, 1.82) is 0 Å². The summed E-state index contributed by atoms with van der Waals surface area (Å²) in [5, 5.41) is 2.81. The van der Waals surface area contributed by atoms with E-state index in [9.17, 15) is 9.59 Å². The number of aryl methyl sites for hydroxylation is 1. The molecule has 5 nitrogen and oxygen atoms in total. The van der Waals surface area contributed by atoms with Crippen LogP contribution in [0.1, 0.15) is 51.0 Å². The molecule has 0 saturated carbocycles. The summed E-state index contributed by atoms with van der Waals surface area (Å²) < 4.78 is 4.83. The van der Waals surface area contributed by atoms with E-state index < -0.39 is 5.97 Å². The summed E-state index contributed by atoms with van der Waals surface area (Å²) in [6, 6.07) is 7.04. The molecule has 1 amide bonds. The molecule has 1 aromatic heterocycles. The molecule has 0 radical (unpaired) electrons. The fourth-order valence-corrected chi connectivity index (χ4v) is 2.63. The van der Waals surface area contributed by atoms with Gasteiger partial charge >= 0.3 is 5.97 Å². The first-order valence-corrected chi connectivity index (χ1v) is 7.69. The van der Waals surface area contributed by atoms with Crippen molar-refractivity contribution in [3.63, 3.8) is 0 Å². The number of carbonyl (C=O) groups excluding carboxylic acids is 2. The molecule has 2 aromatic rings. The zero-order valence-corrected chi connectivity index (χ0v) is 14.0. The molecule has 0 bridgehead atoms. The average molecular weight is 324 g/mol. The van der Waals surface area contributed by atoms with Crippen LogP contribution in [0.3, 0.4) is 0 Å². The molecule has 0 unspecified atom stereocenters. The van der Waals surface area contributed by atoms with E-state index in [-0.39, 0.29) is 5.91 Å². The van der Waals surface area contributed by atoms with E-state index in [1.54, 1.807) is 31.2 Å². The maximum absolute atomic E-state index is 12.6. The van der Waals surface area contributed by atoms with Gasteiger partial charge in [0.1, 0.15) is 5.69 Å². The highest BCUT2D eigenvalue weighted by Gasteiger charge is 2.24. The largest absolute Gasteiger partial charge is 0.465 e. The minimum Gasteiger partial charge on any atom is -0.465 e. The Balaban J connectivity index is 2.38. The number of benzene rings is 1. The van der Waals surface area contributed by atoms with Crippen LogP contribution in [0, 0.1) is 19.3 Å². The van der Waals surface area contributed by atoms with Crippen LogP contribution in [0.4, 0.5) is 5.69 Å². The van der Waals surface area contributed by atoms with Crippen molar-refractivity contribution in [3.05, 3.63) is 52.3 Å². The van der Waals surface area contributed by atoms with Gasteiger partial charge < -0.3 is 15.0 Å². The molecule has 0 aliphatic heterocycles. The lowest BCUT2D eigenvalue weighted by molar-refractivity contribution is 0.0599. The molecule has 124 valence electrons. The van der Waals surface area contributed by atoms with Gasteiger partial charge in [0.15, 0.2) is 0 Å². The number of amides is 1. The van der Waals surface area contributed by atoms with E-state index >= 15 is 0 Å². The van der Waals surface area contributed by atoms with E-state index in [0.29, 0.717) is 40.2 Å². The SMILES string of the molecule is C#Cc1cccc(NC(=O)c2[nH]c(C)c(C(=O)OC)c2CCC)c1. The maximum atomic E-state index is 12.6. The number of anilines is 1. The normalized spacial score (nSPS) is 10.1. The molecule has 2 N–H and O–H groups in total. The summed E-state index contributed by atoms with van der Waals surface area (Å²) in [4.78, 5) is 27.7. The second-order valence-electron chi connectivity index (χ2n) is 5.40. The van der Waals surface area contributed by atoms with Gasteiger partial charge in [-0.15, -0.1) is 6.42 Å². The van der Waals surface area contributed by atoms with Crippen LogP contribution in [0.15, 0.2) is 24.3 Å². The molecule has 0 atom stereocenters. The van der Waals surface area contributed by atoms with Crippen molar-refractivity contribution in [2.75, 3.05) is 12.4 Å². The summed E-state index contributed by atoms with van der Waals surface area (Å²) in [5.74, 6) is 1.77. The molecular formula is C19H20N2O3. The lowest BCUT2D eigenvalue weighted by Crippen LogP contribution is -2.15. The Labute approximate surface area is 141 Å². The molecule has 24 heavy (non-hydrogen) atoms. The number of aromatic nitrogens is 1. The van der Waals surface area contributed by atoms with Gasteiger partial charge in [0.25, 0.3) is 5.91 Å². The van der Waals surface area contributed by atoms with Crippen molar-refractivity contribution in [2.24, 2.45) is 0 Å². The lowest BCUT2D eigenvalue weighted by atomic mass is 10.0. The van der Waals surface area contributed by atoms with Gasteiger partial charge in [0.2, 0.25) is 0 Å². The average Bonchev–Trinajstić information content (AvgIpc) is 2.91. The fourth-order valence-electron chi connectivity index (χ4n) is 2.63. The van der Waals surface area contributed by atoms with Crippen molar-refractivity contribution in [1.82, 2.24) is 4.98 Å². The first-order chi connectivity index (χ1) is 11.5. The van der Waals surface area contributed by atoms with E-state index in [2.05, 4.69) is 16.2 Å². The van der Waals surface area contributed by atoms with Crippen LogP contribution >= 0.6 is 0 Å². The van der Waals surface area contributed by atoms with Gasteiger partial charge in [0, 0.05) is 16.9 Å². The molecule has 0 spiro atoms. The van der Waals surface area contributed by atoms with Gasteiger partial charge in [0.05, 0.1) is 12.7 Å². The predicted molar refractivity (Wildman–Crippen MR) is 93.2 cm³/mol. The Morgan fingerprint density at radius 1 is 1.38 bits per heavy atom. The minimum absolute atomic E-state index is 0.314. The number of aromatic amines is 1. The second kappa shape index (κ2) is 7.51. The third-order valence-electron chi connectivity index (χ3n) is 3.69. The third kappa shape index (κ3) is 3.49. The molecule has 0 aliphatic carbocycles. The first kappa shape index (κ1) is 17.4. The van der Waals surface area contributed by atoms with Gasteiger partial charge in [-0.1, -0.05) is 25.3 Å². The number of terminal acetylenes is 1. The number of methoxy groups -OCH3 is 1. The Morgan fingerprint density at radius 3 is 2.75 bits per heavy atom. The summed E-state index contributed by atoms with van der Waals surface area (Å²) in [7, 11) is 1.33. The fraction of sp³-hybridized carbons (Fsp3) is 0.263. The number of esters is 1. The van der Waals surface area contributed by atoms with Crippen LogP contribution < -0.4 is 5.32 Å². The third-order valence-corrected chi connectivity index (χ3v) is 3.69. The number of carbonyl (C=O) groups is 2. The smallest absolute Gasteiger partial charge is 0.339 e. The first-order valence-electron chi connectivity index (χ1n) is 7.69. The van der Waals surface area contributed by atoms with Crippen LogP contribution in [0.2, 0.25) is 0 Å². The monoisotopic (exact) mass is 324 g/mol. The minimum atomic E-state index is -0.444. The zero-order valence-electron chi connectivity index (χ0n) is 14.0. The number of hydrogen-bond donors (Lipinski definition) is 2. The second-order valence-corrected chi connectivity index (χ2v) is 5.40. The van der Waals surface area contributed by atoms with Crippen LogP contribution in [-0.4, -0.2) is 24.0 Å². The highest BCUT2D eigenvalue weighted by Crippen LogP contribution is 2.23. The molecule has 1 heterocycles. The Bertz CT molecular complexity index is 813. The molecule has 0 aliphatic rings. The van der Waals surface area contributed by atoms with E-state index in [1.165, 1.54) is 7.11 Å². The molecule has 0 saturated heterocycles.